The van der Waals surface area contributed by atoms with Gasteiger partial charge in [0.15, 0.2) is 0 Å². The molecule has 148 valence electrons. The molecule has 29 heavy (non-hydrogen) atoms. The molecular weight excluding hydrogens is 366 g/mol. The minimum atomic E-state index is -0.483. The number of hydrogen-bond acceptors (Lipinski definition) is 4. The van der Waals surface area contributed by atoms with Crippen molar-refractivity contribution in [1.82, 2.24) is 0 Å². The summed E-state index contributed by atoms with van der Waals surface area (Å²) in [7, 11) is 0. The highest BCUT2D eigenvalue weighted by molar-refractivity contribution is 6.10. The van der Waals surface area contributed by atoms with Gasteiger partial charge >= 0.3 is 0 Å². The third-order valence-electron chi connectivity index (χ3n) is 4.65. The van der Waals surface area contributed by atoms with Crippen LogP contribution in [0.1, 0.15) is 22.8 Å². The van der Waals surface area contributed by atoms with Crippen molar-refractivity contribution in [2.75, 3.05) is 23.3 Å². The van der Waals surface area contributed by atoms with Gasteiger partial charge in [0.25, 0.3) is 11.6 Å². The van der Waals surface area contributed by atoms with Gasteiger partial charge in [0.2, 0.25) is 0 Å². The van der Waals surface area contributed by atoms with Gasteiger partial charge in [-0.25, -0.2) is 0 Å². The Morgan fingerprint density at radius 2 is 1.66 bits per heavy atom. The summed E-state index contributed by atoms with van der Waals surface area (Å²) in [6.07, 6.45) is 0.779. The number of carbonyl (C=O) groups excluding carboxylic acids is 1. The molecule has 1 N–H and O–H groups in total. The fourth-order valence-electron chi connectivity index (χ4n) is 3.16. The largest absolute Gasteiger partial charge is 0.384 e. The zero-order valence-corrected chi connectivity index (χ0v) is 16.2. The molecular formula is C23H23N3O3. The van der Waals surface area contributed by atoms with E-state index in [9.17, 15) is 14.9 Å². The third-order valence-corrected chi connectivity index (χ3v) is 4.65. The van der Waals surface area contributed by atoms with E-state index in [1.54, 1.807) is 11.0 Å². The van der Waals surface area contributed by atoms with E-state index in [1.165, 1.54) is 17.7 Å². The minimum absolute atomic E-state index is 0.105. The van der Waals surface area contributed by atoms with E-state index in [-0.39, 0.29) is 17.2 Å². The zero-order valence-electron chi connectivity index (χ0n) is 16.2. The second-order valence-corrected chi connectivity index (χ2v) is 6.53. The number of rotatable bonds is 8. The number of nitro groups is 1. The molecule has 0 radical (unpaired) electrons. The lowest BCUT2D eigenvalue weighted by Gasteiger charge is -2.22. The lowest BCUT2D eigenvalue weighted by Crippen LogP contribution is -2.31. The van der Waals surface area contributed by atoms with Crippen LogP contribution in [0.4, 0.5) is 17.1 Å². The first-order valence-corrected chi connectivity index (χ1v) is 9.53. The molecule has 3 rings (SSSR count). The topological polar surface area (TPSA) is 75.5 Å². The van der Waals surface area contributed by atoms with Gasteiger partial charge in [-0.1, -0.05) is 48.5 Å². The quantitative estimate of drug-likeness (QED) is 0.438. The van der Waals surface area contributed by atoms with Crippen LogP contribution in [0.3, 0.4) is 0 Å². The molecule has 6 heteroatoms. The van der Waals surface area contributed by atoms with E-state index < -0.39 is 4.92 Å². The molecule has 0 spiro atoms. The minimum Gasteiger partial charge on any atom is -0.384 e. The highest BCUT2D eigenvalue weighted by atomic mass is 16.6. The van der Waals surface area contributed by atoms with E-state index in [1.807, 2.05) is 67.6 Å². The monoisotopic (exact) mass is 389 g/mol. The summed E-state index contributed by atoms with van der Waals surface area (Å²) in [6, 6.07) is 23.7. The molecule has 1 amide bonds. The zero-order chi connectivity index (χ0) is 20.6. The molecule has 3 aromatic carbocycles. The predicted molar refractivity (Wildman–Crippen MR) is 116 cm³/mol. The number of anilines is 2. The standard InChI is InChI=1S/C23H23N3O3/c1-2-25(19-11-7-4-8-12-19)23(27)21-17-20(26(28)29)13-14-22(21)24-16-15-18-9-5-3-6-10-18/h3-14,17,24H,2,15-16H2,1H3. The first-order chi connectivity index (χ1) is 14.1. The van der Waals surface area contributed by atoms with Crippen molar-refractivity contribution >= 4 is 23.0 Å². The fourth-order valence-corrected chi connectivity index (χ4v) is 3.16. The molecule has 0 unspecified atom stereocenters. The van der Waals surface area contributed by atoms with Crippen LogP contribution in [0.2, 0.25) is 0 Å². The van der Waals surface area contributed by atoms with Crippen molar-refractivity contribution in [3.05, 3.63) is 100 Å². The average molecular weight is 389 g/mol. The van der Waals surface area contributed by atoms with Crippen molar-refractivity contribution in [2.24, 2.45) is 0 Å². The van der Waals surface area contributed by atoms with E-state index in [4.69, 9.17) is 0 Å². The molecule has 0 saturated heterocycles. The first kappa shape index (κ1) is 20.1. The van der Waals surface area contributed by atoms with Gasteiger partial charge in [-0.05, 0) is 37.1 Å². The van der Waals surface area contributed by atoms with Gasteiger partial charge in [0.1, 0.15) is 0 Å². The van der Waals surface area contributed by atoms with Crippen LogP contribution in [-0.2, 0) is 6.42 Å². The summed E-state index contributed by atoms with van der Waals surface area (Å²) in [5, 5.41) is 14.5. The number of carbonyl (C=O) groups is 1. The van der Waals surface area contributed by atoms with Crippen LogP contribution < -0.4 is 10.2 Å². The number of benzene rings is 3. The smallest absolute Gasteiger partial charge is 0.270 e. The molecule has 0 fully saturated rings. The molecule has 0 bridgehead atoms. The first-order valence-electron chi connectivity index (χ1n) is 9.53. The van der Waals surface area contributed by atoms with Gasteiger partial charge in [-0.15, -0.1) is 0 Å². The fraction of sp³-hybridized carbons (Fsp3) is 0.174. The summed E-state index contributed by atoms with van der Waals surface area (Å²) < 4.78 is 0. The van der Waals surface area contributed by atoms with Crippen LogP contribution >= 0.6 is 0 Å². The Kier molecular flexibility index (Phi) is 6.58. The number of hydrogen-bond donors (Lipinski definition) is 1. The summed E-state index contributed by atoms with van der Waals surface area (Å²) >= 11 is 0. The van der Waals surface area contributed by atoms with E-state index in [2.05, 4.69) is 5.32 Å². The Morgan fingerprint density at radius 3 is 2.28 bits per heavy atom. The van der Waals surface area contributed by atoms with Crippen LogP contribution in [0, 0.1) is 10.1 Å². The normalized spacial score (nSPS) is 10.4. The Hall–Kier alpha value is -3.67. The van der Waals surface area contributed by atoms with Crippen molar-refractivity contribution in [3.8, 4) is 0 Å². The maximum atomic E-state index is 13.3. The van der Waals surface area contributed by atoms with Crippen LogP contribution in [-0.4, -0.2) is 23.9 Å². The lowest BCUT2D eigenvalue weighted by molar-refractivity contribution is -0.384. The van der Waals surface area contributed by atoms with Gasteiger partial charge in [0, 0.05) is 36.6 Å². The van der Waals surface area contributed by atoms with Crippen molar-refractivity contribution in [1.29, 1.82) is 0 Å². The maximum Gasteiger partial charge on any atom is 0.270 e. The van der Waals surface area contributed by atoms with E-state index in [0.717, 1.165) is 12.1 Å². The number of non-ortho nitro benzene ring substituents is 1. The second-order valence-electron chi connectivity index (χ2n) is 6.53. The summed E-state index contributed by atoms with van der Waals surface area (Å²) in [5.41, 5.74) is 2.70. The second kappa shape index (κ2) is 9.50. The summed E-state index contributed by atoms with van der Waals surface area (Å²) in [6.45, 7) is 2.94. The van der Waals surface area contributed by atoms with Crippen molar-refractivity contribution in [3.63, 3.8) is 0 Å². The molecule has 3 aromatic rings. The molecule has 0 atom stereocenters. The molecule has 6 nitrogen and oxygen atoms in total. The molecule has 0 heterocycles. The third kappa shape index (κ3) is 4.99. The van der Waals surface area contributed by atoms with Gasteiger partial charge < -0.3 is 10.2 Å². The van der Waals surface area contributed by atoms with E-state index in [0.29, 0.717) is 18.8 Å². The Labute approximate surface area is 169 Å². The Balaban J connectivity index is 1.87. The SMILES string of the molecule is CCN(C(=O)c1cc([N+](=O)[O-])ccc1NCCc1ccccc1)c1ccccc1. The van der Waals surface area contributed by atoms with Gasteiger partial charge in [-0.3, -0.25) is 14.9 Å². The van der Waals surface area contributed by atoms with Gasteiger partial charge in [0.05, 0.1) is 10.5 Å². The van der Waals surface area contributed by atoms with Crippen molar-refractivity contribution in [2.45, 2.75) is 13.3 Å². The maximum absolute atomic E-state index is 13.3. The Bertz CT molecular complexity index is 975. The number of amides is 1. The molecule has 0 aliphatic carbocycles. The average Bonchev–Trinajstić information content (AvgIpc) is 2.75. The van der Waals surface area contributed by atoms with Gasteiger partial charge in [-0.2, -0.15) is 0 Å². The number of para-hydroxylation sites is 1. The lowest BCUT2D eigenvalue weighted by atomic mass is 10.1. The summed E-state index contributed by atoms with van der Waals surface area (Å²) in [4.78, 5) is 25.7. The molecule has 0 saturated carbocycles. The highest BCUT2D eigenvalue weighted by Gasteiger charge is 2.22. The summed E-state index contributed by atoms with van der Waals surface area (Å²) in [5.74, 6) is -0.274. The van der Waals surface area contributed by atoms with Crippen LogP contribution in [0.25, 0.3) is 0 Å². The van der Waals surface area contributed by atoms with E-state index >= 15 is 0 Å². The predicted octanol–water partition coefficient (Wildman–Crippen LogP) is 4.92. The number of nitrogens with zero attached hydrogens (tertiary/aromatic N) is 2. The molecule has 0 aromatic heterocycles. The Morgan fingerprint density at radius 1 is 1.00 bits per heavy atom. The number of nitrogens with one attached hydrogen (secondary N) is 1. The molecule has 0 aliphatic rings. The van der Waals surface area contributed by atoms with Crippen LogP contribution in [0.5, 0.6) is 0 Å². The van der Waals surface area contributed by atoms with Crippen LogP contribution in [0.15, 0.2) is 78.9 Å². The number of nitro benzene ring substituents is 1. The highest BCUT2D eigenvalue weighted by Crippen LogP contribution is 2.26. The van der Waals surface area contributed by atoms with Crippen molar-refractivity contribution < 1.29 is 9.72 Å². The molecule has 0 aliphatic heterocycles.